The Morgan fingerprint density at radius 2 is 1.24 bits per heavy atom. The molecule has 0 aliphatic carbocycles. The van der Waals surface area contributed by atoms with Gasteiger partial charge in [-0.15, -0.1) is 0 Å². The number of carbonyl (C=O) groups excluding carboxylic acids is 1. The van der Waals surface area contributed by atoms with Crippen LogP contribution in [0.3, 0.4) is 0 Å². The lowest BCUT2D eigenvalue weighted by molar-refractivity contribution is 0.0514. The highest BCUT2D eigenvalue weighted by Gasteiger charge is 2.18. The Balaban J connectivity index is 0.000000228. The van der Waals surface area contributed by atoms with Gasteiger partial charge >= 0.3 is 11.9 Å². The fraction of sp³-hybridized carbons (Fsp3) is 0.200. The molecule has 0 radical (unpaired) electrons. The quantitative estimate of drug-likeness (QED) is 0.437. The minimum absolute atomic E-state index is 0. The Hall–Kier alpha value is -4.20. The number of hydrogen-bond donors (Lipinski definition) is 1. The molecule has 0 unspecified atom stereocenters. The van der Waals surface area contributed by atoms with Crippen molar-refractivity contribution in [1.29, 1.82) is 0 Å². The molecule has 0 fully saturated rings. The number of para-hydroxylation sites is 2. The summed E-state index contributed by atoms with van der Waals surface area (Å²) in [5.41, 5.74) is 3.77. The van der Waals surface area contributed by atoms with Crippen molar-refractivity contribution in [1.82, 2.24) is 19.6 Å². The maximum absolute atomic E-state index is 11.8. The standard InChI is InChI=1S/C13H14N2O2.C11H10N2O2.CH4/c1-3-17-13(16)12-10(2)9-14-15(12)11-7-5-4-6-8-11;1-8-7-12-13(10(8)11(14)15)9-5-3-2-4-6-9;/h4-9H,3H2,1-2H3;2-7H,1H3,(H,14,15);1H4. The molecule has 0 amide bonds. The number of ether oxygens (including phenoxy) is 1. The lowest BCUT2D eigenvalue weighted by Gasteiger charge is -2.07. The van der Waals surface area contributed by atoms with E-state index in [4.69, 9.17) is 9.84 Å². The summed E-state index contributed by atoms with van der Waals surface area (Å²) in [6, 6.07) is 18.7. The third kappa shape index (κ3) is 5.74. The fourth-order valence-electron chi connectivity index (χ4n) is 3.10. The van der Waals surface area contributed by atoms with Crippen molar-refractivity contribution in [3.63, 3.8) is 0 Å². The lowest BCUT2D eigenvalue weighted by atomic mass is 10.2. The summed E-state index contributed by atoms with van der Waals surface area (Å²) >= 11 is 0. The van der Waals surface area contributed by atoms with Crippen molar-refractivity contribution in [2.45, 2.75) is 28.2 Å². The molecule has 0 saturated heterocycles. The normalized spacial score (nSPS) is 9.91. The molecule has 2 aromatic carbocycles. The number of esters is 1. The molecule has 2 aromatic heterocycles. The minimum atomic E-state index is -0.964. The summed E-state index contributed by atoms with van der Waals surface area (Å²) < 4.78 is 8.06. The zero-order chi connectivity index (χ0) is 23.1. The number of carbonyl (C=O) groups is 2. The van der Waals surface area contributed by atoms with Crippen molar-refractivity contribution in [3.05, 3.63) is 95.6 Å². The summed E-state index contributed by atoms with van der Waals surface area (Å²) in [4.78, 5) is 22.9. The second-order valence-corrected chi connectivity index (χ2v) is 6.87. The Morgan fingerprint density at radius 1 is 0.818 bits per heavy atom. The van der Waals surface area contributed by atoms with Gasteiger partial charge in [0.1, 0.15) is 0 Å². The second kappa shape index (κ2) is 11.4. The van der Waals surface area contributed by atoms with E-state index in [9.17, 15) is 9.59 Å². The summed E-state index contributed by atoms with van der Waals surface area (Å²) in [7, 11) is 0. The van der Waals surface area contributed by atoms with E-state index in [1.54, 1.807) is 30.9 Å². The first kappa shape index (κ1) is 25.1. The number of rotatable bonds is 5. The van der Waals surface area contributed by atoms with Crippen LogP contribution in [0.4, 0.5) is 0 Å². The van der Waals surface area contributed by atoms with Crippen molar-refractivity contribution in [2.24, 2.45) is 0 Å². The Labute approximate surface area is 193 Å². The van der Waals surface area contributed by atoms with Crippen LogP contribution in [0.1, 0.15) is 46.5 Å². The van der Waals surface area contributed by atoms with Crippen LogP contribution in [0, 0.1) is 13.8 Å². The number of carboxylic acids is 1. The average Bonchev–Trinajstić information content (AvgIpc) is 3.38. The molecule has 0 saturated carbocycles. The van der Waals surface area contributed by atoms with E-state index in [1.807, 2.05) is 67.6 Å². The monoisotopic (exact) mass is 448 g/mol. The fourth-order valence-corrected chi connectivity index (χ4v) is 3.10. The van der Waals surface area contributed by atoms with Crippen LogP contribution in [0.2, 0.25) is 0 Å². The van der Waals surface area contributed by atoms with E-state index in [2.05, 4.69) is 10.2 Å². The van der Waals surface area contributed by atoms with E-state index in [0.29, 0.717) is 17.9 Å². The molecule has 1 N–H and O–H groups in total. The van der Waals surface area contributed by atoms with Crippen LogP contribution in [0.25, 0.3) is 11.4 Å². The summed E-state index contributed by atoms with van der Waals surface area (Å²) in [6.07, 6.45) is 3.22. The predicted molar refractivity (Wildman–Crippen MR) is 126 cm³/mol. The largest absolute Gasteiger partial charge is 0.477 e. The third-order valence-electron chi connectivity index (χ3n) is 4.58. The summed E-state index contributed by atoms with van der Waals surface area (Å²) in [6.45, 7) is 5.73. The average molecular weight is 449 g/mol. The van der Waals surface area contributed by atoms with E-state index in [0.717, 1.165) is 16.9 Å². The Morgan fingerprint density at radius 3 is 1.67 bits per heavy atom. The van der Waals surface area contributed by atoms with Crippen LogP contribution in [-0.4, -0.2) is 43.2 Å². The number of aromatic carboxylic acids is 1. The van der Waals surface area contributed by atoms with Crippen molar-refractivity contribution in [3.8, 4) is 11.4 Å². The molecule has 0 aliphatic heterocycles. The van der Waals surface area contributed by atoms with Gasteiger partial charge in [-0.1, -0.05) is 43.8 Å². The van der Waals surface area contributed by atoms with Crippen LogP contribution >= 0.6 is 0 Å². The number of nitrogens with zero attached hydrogens (tertiary/aromatic N) is 4. The minimum Gasteiger partial charge on any atom is -0.477 e. The van der Waals surface area contributed by atoms with Crippen LogP contribution < -0.4 is 0 Å². The molecule has 0 aliphatic rings. The van der Waals surface area contributed by atoms with Gasteiger partial charge in [0.15, 0.2) is 11.4 Å². The van der Waals surface area contributed by atoms with Gasteiger partial charge in [0, 0.05) is 11.1 Å². The Bertz CT molecular complexity index is 1200. The molecular weight excluding hydrogens is 420 g/mol. The predicted octanol–water partition coefficient (Wildman–Crippen LogP) is 4.87. The molecule has 172 valence electrons. The number of aryl methyl sites for hydroxylation is 2. The summed E-state index contributed by atoms with van der Waals surface area (Å²) in [5.74, 6) is -1.31. The molecule has 4 rings (SSSR count). The topological polar surface area (TPSA) is 99.2 Å². The Kier molecular flexibility index (Phi) is 8.68. The van der Waals surface area contributed by atoms with Gasteiger partial charge in [0.25, 0.3) is 0 Å². The molecule has 0 bridgehead atoms. The van der Waals surface area contributed by atoms with Gasteiger partial charge in [-0.05, 0) is 45.0 Å². The lowest BCUT2D eigenvalue weighted by Crippen LogP contribution is -2.13. The molecule has 4 aromatic rings. The molecule has 33 heavy (non-hydrogen) atoms. The SMILES string of the molecule is C.CCOC(=O)c1c(C)cnn1-c1ccccc1.Cc1cnn(-c2ccccc2)c1C(=O)O. The smallest absolute Gasteiger partial charge is 0.357 e. The van der Waals surface area contributed by atoms with Crippen LogP contribution in [0.15, 0.2) is 73.1 Å². The first-order valence-corrected chi connectivity index (χ1v) is 10.0. The molecule has 2 heterocycles. The number of hydrogen-bond acceptors (Lipinski definition) is 5. The first-order valence-electron chi connectivity index (χ1n) is 10.0. The number of carboxylic acid groups (broad SMARTS) is 1. The van der Waals surface area contributed by atoms with E-state index < -0.39 is 5.97 Å². The van der Waals surface area contributed by atoms with Gasteiger partial charge in [0.05, 0.1) is 30.4 Å². The highest BCUT2D eigenvalue weighted by molar-refractivity contribution is 5.89. The highest BCUT2D eigenvalue weighted by atomic mass is 16.5. The van der Waals surface area contributed by atoms with Gasteiger partial charge in [-0.3, -0.25) is 0 Å². The highest BCUT2D eigenvalue weighted by Crippen LogP contribution is 2.15. The zero-order valence-electron chi connectivity index (χ0n) is 18.1. The molecule has 0 atom stereocenters. The van der Waals surface area contributed by atoms with Crippen molar-refractivity contribution in [2.75, 3.05) is 6.61 Å². The van der Waals surface area contributed by atoms with Crippen molar-refractivity contribution >= 4 is 11.9 Å². The third-order valence-corrected chi connectivity index (χ3v) is 4.58. The van der Waals surface area contributed by atoms with Gasteiger partial charge in [-0.25, -0.2) is 19.0 Å². The maximum atomic E-state index is 11.8. The summed E-state index contributed by atoms with van der Waals surface area (Å²) in [5, 5.41) is 17.3. The van der Waals surface area contributed by atoms with Gasteiger partial charge in [0.2, 0.25) is 0 Å². The van der Waals surface area contributed by atoms with Gasteiger partial charge < -0.3 is 9.84 Å². The molecule has 8 nitrogen and oxygen atoms in total. The van der Waals surface area contributed by atoms with E-state index >= 15 is 0 Å². The zero-order valence-corrected chi connectivity index (χ0v) is 18.1. The second-order valence-electron chi connectivity index (χ2n) is 6.87. The molecule has 0 spiro atoms. The number of aromatic nitrogens is 4. The van der Waals surface area contributed by atoms with E-state index in [1.165, 1.54) is 4.68 Å². The van der Waals surface area contributed by atoms with E-state index in [-0.39, 0.29) is 19.1 Å². The first-order chi connectivity index (χ1) is 15.4. The van der Waals surface area contributed by atoms with Gasteiger partial charge in [-0.2, -0.15) is 10.2 Å². The molecular formula is C25H28N4O4. The van der Waals surface area contributed by atoms with Crippen LogP contribution in [0.5, 0.6) is 0 Å². The van der Waals surface area contributed by atoms with Crippen LogP contribution in [-0.2, 0) is 4.74 Å². The maximum Gasteiger partial charge on any atom is 0.357 e. The molecule has 8 heteroatoms. The van der Waals surface area contributed by atoms with Crippen molar-refractivity contribution < 1.29 is 19.4 Å². The number of benzene rings is 2.